The van der Waals surface area contributed by atoms with Gasteiger partial charge in [-0.2, -0.15) is 0 Å². The van der Waals surface area contributed by atoms with Crippen LogP contribution in [0.5, 0.6) is 0 Å². The Balaban J connectivity index is 2.66. The van der Waals surface area contributed by atoms with E-state index in [1.807, 2.05) is 0 Å². The van der Waals surface area contributed by atoms with Crippen molar-refractivity contribution in [2.24, 2.45) is 0 Å². The molecule has 88 valence electrons. The summed E-state index contributed by atoms with van der Waals surface area (Å²) in [7, 11) is 0. The van der Waals surface area contributed by atoms with E-state index in [0.29, 0.717) is 12.0 Å². The van der Waals surface area contributed by atoms with E-state index in [4.69, 9.17) is 0 Å². The predicted octanol–water partition coefficient (Wildman–Crippen LogP) is 3.06. The molecule has 16 heavy (non-hydrogen) atoms. The summed E-state index contributed by atoms with van der Waals surface area (Å²) in [6.07, 6.45) is 3.25. The fourth-order valence-electron chi connectivity index (χ4n) is 1.49. The molecule has 0 bridgehead atoms. The van der Waals surface area contributed by atoms with E-state index in [9.17, 15) is 8.78 Å². The van der Waals surface area contributed by atoms with Crippen molar-refractivity contribution in [2.75, 3.05) is 6.54 Å². The Morgan fingerprint density at radius 2 is 2.19 bits per heavy atom. The summed E-state index contributed by atoms with van der Waals surface area (Å²) < 4.78 is 26.1. The van der Waals surface area contributed by atoms with E-state index in [1.54, 1.807) is 6.08 Å². The molecule has 3 heteroatoms. The molecule has 0 aromatic heterocycles. The average Bonchev–Trinajstić information content (AvgIpc) is 2.27. The highest BCUT2D eigenvalue weighted by Gasteiger charge is 2.09. The van der Waals surface area contributed by atoms with Crippen molar-refractivity contribution < 1.29 is 8.78 Å². The van der Waals surface area contributed by atoms with E-state index in [0.717, 1.165) is 19.0 Å². The molecule has 0 spiro atoms. The largest absolute Gasteiger partial charge is 0.310 e. The van der Waals surface area contributed by atoms with E-state index >= 15 is 0 Å². The minimum absolute atomic E-state index is 0.0277. The van der Waals surface area contributed by atoms with Crippen LogP contribution in [0.2, 0.25) is 0 Å². The van der Waals surface area contributed by atoms with Crippen molar-refractivity contribution in [3.63, 3.8) is 0 Å². The van der Waals surface area contributed by atoms with Gasteiger partial charge in [0.25, 0.3) is 0 Å². The number of halogens is 2. The molecule has 0 fully saturated rings. The highest BCUT2D eigenvalue weighted by atomic mass is 19.1. The zero-order chi connectivity index (χ0) is 12.0. The van der Waals surface area contributed by atoms with Gasteiger partial charge in [0, 0.05) is 12.1 Å². The molecular formula is C13H17F2N. The smallest absolute Gasteiger partial charge is 0.129 e. The Morgan fingerprint density at radius 1 is 1.44 bits per heavy atom. The molecule has 0 aliphatic rings. The van der Waals surface area contributed by atoms with Crippen molar-refractivity contribution in [3.8, 4) is 0 Å². The van der Waals surface area contributed by atoms with Gasteiger partial charge >= 0.3 is 0 Å². The molecular weight excluding hydrogens is 208 g/mol. The average molecular weight is 225 g/mol. The number of rotatable bonds is 6. The minimum atomic E-state index is -0.544. The predicted molar refractivity (Wildman–Crippen MR) is 62.3 cm³/mol. The van der Waals surface area contributed by atoms with Crippen LogP contribution in [0.1, 0.15) is 18.9 Å². The quantitative estimate of drug-likeness (QED) is 0.734. The monoisotopic (exact) mass is 225 g/mol. The zero-order valence-corrected chi connectivity index (χ0v) is 9.47. The lowest BCUT2D eigenvalue weighted by Crippen LogP contribution is -2.30. The van der Waals surface area contributed by atoms with E-state index in [2.05, 4.69) is 18.8 Å². The molecule has 0 saturated heterocycles. The van der Waals surface area contributed by atoms with Gasteiger partial charge in [-0.15, -0.1) is 6.58 Å². The van der Waals surface area contributed by atoms with E-state index < -0.39 is 11.6 Å². The normalized spacial score (nSPS) is 12.4. The summed E-state index contributed by atoms with van der Waals surface area (Å²) >= 11 is 0. The van der Waals surface area contributed by atoms with Crippen LogP contribution in [0.3, 0.4) is 0 Å². The molecule has 1 unspecified atom stereocenters. The van der Waals surface area contributed by atoms with Gasteiger partial charge in [0.15, 0.2) is 0 Å². The first kappa shape index (κ1) is 12.8. The van der Waals surface area contributed by atoms with E-state index in [1.165, 1.54) is 12.1 Å². The molecule has 1 rings (SSSR count). The van der Waals surface area contributed by atoms with Crippen LogP contribution in [-0.4, -0.2) is 12.6 Å². The van der Waals surface area contributed by atoms with Crippen molar-refractivity contribution >= 4 is 0 Å². The van der Waals surface area contributed by atoms with Crippen molar-refractivity contribution in [1.29, 1.82) is 0 Å². The zero-order valence-electron chi connectivity index (χ0n) is 9.47. The molecule has 0 radical (unpaired) electrons. The standard InChI is InChI=1S/C13H17F2N/c1-3-7-16-12(4-2)8-10-5-6-11(14)9-13(10)15/h4-6,9,12,16H,2-3,7-8H2,1H3. The van der Waals surface area contributed by atoms with Gasteiger partial charge in [-0.3, -0.25) is 0 Å². The molecule has 0 amide bonds. The third-order valence-electron chi connectivity index (χ3n) is 2.40. The molecule has 0 saturated carbocycles. The molecule has 1 atom stereocenters. The van der Waals surface area contributed by atoms with Crippen LogP contribution >= 0.6 is 0 Å². The molecule has 0 aliphatic carbocycles. The lowest BCUT2D eigenvalue weighted by atomic mass is 10.1. The van der Waals surface area contributed by atoms with Crippen LogP contribution < -0.4 is 5.32 Å². The maximum atomic E-state index is 13.4. The molecule has 0 heterocycles. The fourth-order valence-corrected chi connectivity index (χ4v) is 1.49. The van der Waals surface area contributed by atoms with Crippen LogP contribution in [0, 0.1) is 11.6 Å². The first-order chi connectivity index (χ1) is 7.67. The lowest BCUT2D eigenvalue weighted by Gasteiger charge is -2.14. The first-order valence-electron chi connectivity index (χ1n) is 5.47. The Hall–Kier alpha value is -1.22. The highest BCUT2D eigenvalue weighted by Crippen LogP contribution is 2.12. The second-order valence-electron chi connectivity index (χ2n) is 3.74. The topological polar surface area (TPSA) is 12.0 Å². The second kappa shape index (κ2) is 6.38. The molecule has 0 aliphatic heterocycles. The Bertz CT molecular complexity index is 350. The van der Waals surface area contributed by atoms with Gasteiger partial charge in [0.1, 0.15) is 11.6 Å². The Morgan fingerprint density at radius 3 is 2.75 bits per heavy atom. The minimum Gasteiger partial charge on any atom is -0.310 e. The number of hydrogen-bond acceptors (Lipinski definition) is 1. The molecule has 1 nitrogen and oxygen atoms in total. The van der Waals surface area contributed by atoms with Gasteiger partial charge < -0.3 is 5.32 Å². The van der Waals surface area contributed by atoms with Gasteiger partial charge in [0.05, 0.1) is 0 Å². The maximum Gasteiger partial charge on any atom is 0.129 e. The summed E-state index contributed by atoms with van der Waals surface area (Å²) in [6.45, 7) is 6.62. The molecule has 1 aromatic rings. The maximum absolute atomic E-state index is 13.4. The second-order valence-corrected chi connectivity index (χ2v) is 3.74. The molecule has 1 N–H and O–H groups in total. The Labute approximate surface area is 95.2 Å². The third-order valence-corrected chi connectivity index (χ3v) is 2.40. The highest BCUT2D eigenvalue weighted by molar-refractivity contribution is 5.20. The van der Waals surface area contributed by atoms with Gasteiger partial charge in [-0.1, -0.05) is 19.1 Å². The molecule has 1 aromatic carbocycles. The van der Waals surface area contributed by atoms with Crippen molar-refractivity contribution in [2.45, 2.75) is 25.8 Å². The third kappa shape index (κ3) is 3.74. The van der Waals surface area contributed by atoms with Crippen LogP contribution in [0.4, 0.5) is 8.78 Å². The summed E-state index contributed by atoms with van der Waals surface area (Å²) in [4.78, 5) is 0. The van der Waals surface area contributed by atoms with Crippen LogP contribution in [0.25, 0.3) is 0 Å². The fraction of sp³-hybridized carbons (Fsp3) is 0.385. The summed E-state index contributed by atoms with van der Waals surface area (Å²) in [5.41, 5.74) is 0.509. The summed E-state index contributed by atoms with van der Waals surface area (Å²) in [5.74, 6) is -1.04. The number of benzene rings is 1. The van der Waals surface area contributed by atoms with Crippen LogP contribution in [0.15, 0.2) is 30.9 Å². The van der Waals surface area contributed by atoms with Gasteiger partial charge in [0.2, 0.25) is 0 Å². The van der Waals surface area contributed by atoms with Gasteiger partial charge in [-0.25, -0.2) is 8.78 Å². The Kier molecular flexibility index (Phi) is 5.12. The number of hydrogen-bond donors (Lipinski definition) is 1. The first-order valence-corrected chi connectivity index (χ1v) is 5.47. The van der Waals surface area contributed by atoms with Crippen molar-refractivity contribution in [3.05, 3.63) is 48.1 Å². The lowest BCUT2D eigenvalue weighted by molar-refractivity contribution is 0.544. The van der Waals surface area contributed by atoms with E-state index in [-0.39, 0.29) is 6.04 Å². The summed E-state index contributed by atoms with van der Waals surface area (Å²) in [5, 5.41) is 3.23. The van der Waals surface area contributed by atoms with Gasteiger partial charge in [-0.05, 0) is 31.0 Å². The summed E-state index contributed by atoms with van der Waals surface area (Å²) in [6, 6.07) is 3.70. The van der Waals surface area contributed by atoms with Crippen LogP contribution in [-0.2, 0) is 6.42 Å². The number of nitrogens with one attached hydrogen (secondary N) is 1. The van der Waals surface area contributed by atoms with Crippen molar-refractivity contribution in [1.82, 2.24) is 5.32 Å². The SMILES string of the molecule is C=CC(Cc1ccc(F)cc1F)NCCC.